The highest BCUT2D eigenvalue weighted by molar-refractivity contribution is 6.32. The van der Waals surface area contributed by atoms with Crippen molar-refractivity contribution in [2.24, 2.45) is 21.3 Å². The third kappa shape index (κ3) is 8.56. The second-order valence-corrected chi connectivity index (χ2v) is 15.4. The Labute approximate surface area is 322 Å². The molecule has 1 amide bonds. The highest BCUT2D eigenvalue weighted by Gasteiger charge is 2.54. The van der Waals surface area contributed by atoms with Crippen LogP contribution >= 0.6 is 11.6 Å². The zero-order chi connectivity index (χ0) is 38.6. The maximum absolute atomic E-state index is 13.4. The molecule has 10 nitrogen and oxygen atoms in total. The van der Waals surface area contributed by atoms with Crippen LogP contribution in [0.1, 0.15) is 60.4 Å². The molecule has 0 aromatic heterocycles. The van der Waals surface area contributed by atoms with E-state index in [9.17, 15) is 25.1 Å². The predicted molar refractivity (Wildman–Crippen MR) is 215 cm³/mol. The Morgan fingerprint density at radius 3 is 2.63 bits per heavy atom. The van der Waals surface area contributed by atoms with Crippen molar-refractivity contribution < 1.29 is 19.8 Å². The van der Waals surface area contributed by atoms with Crippen molar-refractivity contribution in [2.75, 3.05) is 38.0 Å². The fourth-order valence-corrected chi connectivity index (χ4v) is 8.35. The van der Waals surface area contributed by atoms with Gasteiger partial charge in [0.1, 0.15) is 11.8 Å². The summed E-state index contributed by atoms with van der Waals surface area (Å²) in [6.45, 7) is 14.4. The van der Waals surface area contributed by atoms with Crippen molar-refractivity contribution in [3.05, 3.63) is 110 Å². The zero-order valence-electron chi connectivity index (χ0n) is 31.1. The molecule has 280 valence electrons. The van der Waals surface area contributed by atoms with Crippen molar-refractivity contribution in [3.8, 4) is 6.07 Å². The van der Waals surface area contributed by atoms with Crippen LogP contribution in [-0.4, -0.2) is 83.6 Å². The van der Waals surface area contributed by atoms with Gasteiger partial charge >= 0.3 is 5.97 Å². The summed E-state index contributed by atoms with van der Waals surface area (Å²) < 4.78 is 0. The number of allylic oxidation sites excluding steroid dienone is 6. The van der Waals surface area contributed by atoms with Crippen LogP contribution in [0.25, 0.3) is 11.6 Å². The molecule has 0 bridgehead atoms. The first-order valence-corrected chi connectivity index (χ1v) is 18.7. The monoisotopic (exact) mass is 746 g/mol. The maximum atomic E-state index is 13.4. The third-order valence-corrected chi connectivity index (χ3v) is 11.4. The smallest absolute Gasteiger partial charge is 0.306 e. The van der Waals surface area contributed by atoms with E-state index < -0.39 is 5.97 Å². The molecule has 3 fully saturated rings. The van der Waals surface area contributed by atoms with Gasteiger partial charge < -0.3 is 15.5 Å². The SMILES string of the molecule is C=NC(/C=C/c1cc(C)c(CN2CC3(CC(C(=O)O)C3)C2)cc1Cl)=C(C#N)\C(=C/C)c1cccc(NC(=O)C2=CC=C(CN3CCC(O)C3)CC=N2)c1C. The normalized spacial score (nSPS) is 20.7. The van der Waals surface area contributed by atoms with E-state index in [2.05, 4.69) is 37.9 Å². The highest BCUT2D eigenvalue weighted by Crippen LogP contribution is 2.52. The van der Waals surface area contributed by atoms with Gasteiger partial charge in [-0.05, 0) is 110 Å². The number of aliphatic hydroxyl groups excluding tert-OH is 1. The van der Waals surface area contributed by atoms with Gasteiger partial charge in [-0.25, -0.2) is 0 Å². The van der Waals surface area contributed by atoms with Gasteiger partial charge in [0.2, 0.25) is 0 Å². The van der Waals surface area contributed by atoms with E-state index in [0.717, 1.165) is 85.4 Å². The van der Waals surface area contributed by atoms with Gasteiger partial charge in [0.15, 0.2) is 0 Å². The number of aliphatic hydroxyl groups is 1. The zero-order valence-corrected chi connectivity index (χ0v) is 31.9. The molecule has 3 heterocycles. The number of carbonyl (C=O) groups is 2. The average Bonchev–Trinajstić information content (AvgIpc) is 3.37. The predicted octanol–water partition coefficient (Wildman–Crippen LogP) is 7.14. The van der Waals surface area contributed by atoms with Crippen LogP contribution in [0, 0.1) is 36.5 Å². The number of β-amino-alcohol motifs (C(OH)–C–C–N with tert-alkyl or cyclic N) is 1. The Bertz CT molecular complexity index is 2070. The van der Waals surface area contributed by atoms with Gasteiger partial charge in [-0.15, -0.1) is 0 Å². The number of rotatable bonds is 12. The summed E-state index contributed by atoms with van der Waals surface area (Å²) in [5, 5.41) is 33.1. The van der Waals surface area contributed by atoms with Crippen LogP contribution in [0.3, 0.4) is 0 Å². The first kappa shape index (κ1) is 38.8. The van der Waals surface area contributed by atoms with Crippen molar-refractivity contribution >= 4 is 53.7 Å². The molecule has 1 saturated carbocycles. The minimum atomic E-state index is -0.688. The van der Waals surface area contributed by atoms with Gasteiger partial charge in [-0.1, -0.05) is 53.6 Å². The molecule has 6 rings (SSSR count). The van der Waals surface area contributed by atoms with E-state index in [4.69, 9.17) is 11.6 Å². The lowest BCUT2D eigenvalue weighted by atomic mass is 9.57. The van der Waals surface area contributed by atoms with Gasteiger partial charge in [0, 0.05) is 62.6 Å². The van der Waals surface area contributed by atoms with Crippen LogP contribution < -0.4 is 5.32 Å². The lowest BCUT2D eigenvalue weighted by Crippen LogP contribution is -2.62. The summed E-state index contributed by atoms with van der Waals surface area (Å²) >= 11 is 6.78. The lowest BCUT2D eigenvalue weighted by Gasteiger charge is -2.58. The number of anilines is 1. The molecule has 4 aliphatic rings. The summed E-state index contributed by atoms with van der Waals surface area (Å²) in [5.74, 6) is -1.23. The Kier molecular flexibility index (Phi) is 11.9. The number of hydrogen-bond donors (Lipinski definition) is 3. The Hall–Kier alpha value is -4.92. The number of aliphatic carboxylic acids is 1. The number of amides is 1. The van der Waals surface area contributed by atoms with Gasteiger partial charge in [-0.3, -0.25) is 29.4 Å². The van der Waals surface area contributed by atoms with Crippen molar-refractivity contribution in [2.45, 2.75) is 59.1 Å². The molecule has 1 spiro atoms. The van der Waals surface area contributed by atoms with E-state index >= 15 is 0 Å². The Morgan fingerprint density at radius 1 is 1.19 bits per heavy atom. The van der Waals surface area contributed by atoms with Crippen molar-refractivity contribution in [3.63, 3.8) is 0 Å². The minimum absolute atomic E-state index is 0.159. The summed E-state index contributed by atoms with van der Waals surface area (Å²) in [6.07, 6.45) is 13.5. The number of aryl methyl sites for hydroxylation is 1. The van der Waals surface area contributed by atoms with E-state index in [0.29, 0.717) is 46.2 Å². The molecule has 1 atom stereocenters. The third-order valence-electron chi connectivity index (χ3n) is 11.0. The standard InChI is InChI=1S/C43H47ClN6O4/c1-5-34(35-7-6-8-38(28(35)3)48-41(52)40-11-9-29(13-15-47-40)22-49-16-14-33(51)24-49)36(21-45)39(46-4)12-10-30-17-27(2)31(18-37(30)44)23-50-25-43(26-50)19-32(20-43)42(53)54/h5-12,15,17-18,32-33,51H,4,13-14,16,19-20,22-26H2,1-3H3,(H,48,52)(H,53,54)/b12-10+,34-5-,39-36-. The van der Waals surface area contributed by atoms with Gasteiger partial charge in [-0.2, -0.15) is 5.26 Å². The molecule has 3 aliphatic heterocycles. The molecule has 2 aromatic rings. The highest BCUT2D eigenvalue weighted by atomic mass is 35.5. The second-order valence-electron chi connectivity index (χ2n) is 15.0. The molecule has 3 N–H and O–H groups in total. The average molecular weight is 747 g/mol. The molecule has 11 heteroatoms. The Morgan fingerprint density at radius 2 is 1.96 bits per heavy atom. The number of halogens is 1. The topological polar surface area (TPSA) is 142 Å². The first-order chi connectivity index (χ1) is 25.9. The molecule has 2 saturated heterocycles. The van der Waals surface area contributed by atoms with Crippen LogP contribution in [0.2, 0.25) is 5.02 Å². The van der Waals surface area contributed by atoms with Crippen LogP contribution in [0.4, 0.5) is 5.69 Å². The number of carboxylic acid groups (broad SMARTS) is 1. The van der Waals surface area contributed by atoms with Gasteiger partial charge in [0.05, 0.1) is 23.3 Å². The van der Waals surface area contributed by atoms with Crippen LogP contribution in [0.5, 0.6) is 0 Å². The fraction of sp³-hybridized carbons (Fsp3) is 0.372. The van der Waals surface area contributed by atoms with Crippen molar-refractivity contribution in [1.29, 1.82) is 5.26 Å². The number of benzene rings is 2. The molecule has 54 heavy (non-hydrogen) atoms. The number of nitriles is 1. The Balaban J connectivity index is 1.15. The maximum Gasteiger partial charge on any atom is 0.306 e. The van der Waals surface area contributed by atoms with E-state index in [-0.39, 0.29) is 23.3 Å². The first-order valence-electron chi connectivity index (χ1n) is 18.4. The summed E-state index contributed by atoms with van der Waals surface area (Å²) in [6, 6.07) is 11.9. The van der Waals surface area contributed by atoms with E-state index in [1.807, 2.05) is 69.3 Å². The summed E-state index contributed by atoms with van der Waals surface area (Å²) in [7, 11) is 0. The lowest BCUT2D eigenvalue weighted by molar-refractivity contribution is -0.161. The van der Waals surface area contributed by atoms with Crippen LogP contribution in [0.15, 0.2) is 87.2 Å². The molecular formula is C43H47ClN6O4. The number of carbonyl (C=O) groups excluding carboxylic acids is 1. The number of likely N-dealkylation sites (tertiary alicyclic amines) is 2. The second kappa shape index (κ2) is 16.6. The quantitative estimate of drug-likeness (QED) is 0.119. The minimum Gasteiger partial charge on any atom is -0.481 e. The molecule has 2 aromatic carbocycles. The van der Waals surface area contributed by atoms with Gasteiger partial charge in [0.25, 0.3) is 5.91 Å². The number of hydrogen-bond acceptors (Lipinski definition) is 8. The molecule has 0 radical (unpaired) electrons. The summed E-state index contributed by atoms with van der Waals surface area (Å²) in [5.41, 5.74) is 8.07. The number of nitrogens with one attached hydrogen (secondary N) is 1. The van der Waals surface area contributed by atoms with E-state index in [1.165, 1.54) is 0 Å². The largest absolute Gasteiger partial charge is 0.481 e. The molecule has 1 aliphatic carbocycles. The number of aliphatic imine (C=N–C) groups is 2. The molecular weight excluding hydrogens is 700 g/mol. The number of nitrogens with zero attached hydrogens (tertiary/aromatic N) is 5. The molecule has 1 unspecified atom stereocenters. The summed E-state index contributed by atoms with van der Waals surface area (Å²) in [4.78, 5) is 37.8. The van der Waals surface area contributed by atoms with Crippen LogP contribution in [-0.2, 0) is 16.1 Å². The van der Waals surface area contributed by atoms with E-state index in [1.54, 1.807) is 18.4 Å². The van der Waals surface area contributed by atoms with Crippen molar-refractivity contribution in [1.82, 2.24) is 9.80 Å². The number of carboxylic acids is 1. The fourth-order valence-electron chi connectivity index (χ4n) is 8.10.